The van der Waals surface area contributed by atoms with Crippen molar-refractivity contribution in [1.29, 1.82) is 0 Å². The van der Waals surface area contributed by atoms with E-state index in [0.29, 0.717) is 18.0 Å². The Morgan fingerprint density at radius 1 is 1.07 bits per heavy atom. The second kappa shape index (κ2) is 9.05. The van der Waals surface area contributed by atoms with Gasteiger partial charge in [-0.05, 0) is 54.7 Å². The second-order valence-electron chi connectivity index (χ2n) is 7.83. The molecular formula is C24H29N3O2. The SMILES string of the molecule is Cc1cc(C)n(Cc2cccc(C(=O)NCC(O)c3ccc(C(C)C)cc3)c2)n1. The number of aliphatic hydroxyl groups excluding tert-OH is 1. The standard InChI is InChI=1S/C24H29N3O2/c1-16(2)20-8-10-21(11-9-20)23(28)14-25-24(29)22-7-5-6-19(13-22)15-27-18(4)12-17(3)26-27/h5-13,16,23,28H,14-15H2,1-4H3,(H,25,29). The highest BCUT2D eigenvalue weighted by atomic mass is 16.3. The molecule has 5 nitrogen and oxygen atoms in total. The van der Waals surface area contributed by atoms with Crippen molar-refractivity contribution in [2.24, 2.45) is 0 Å². The summed E-state index contributed by atoms with van der Waals surface area (Å²) in [6.07, 6.45) is -0.738. The van der Waals surface area contributed by atoms with Crippen molar-refractivity contribution in [3.05, 3.63) is 88.2 Å². The van der Waals surface area contributed by atoms with Crippen LogP contribution in [-0.2, 0) is 6.54 Å². The zero-order valence-electron chi connectivity index (χ0n) is 17.5. The number of aliphatic hydroxyl groups is 1. The van der Waals surface area contributed by atoms with Crippen molar-refractivity contribution in [1.82, 2.24) is 15.1 Å². The molecule has 1 atom stereocenters. The van der Waals surface area contributed by atoms with Crippen LogP contribution < -0.4 is 5.32 Å². The minimum Gasteiger partial charge on any atom is -0.387 e. The van der Waals surface area contributed by atoms with Crippen LogP contribution in [0, 0.1) is 13.8 Å². The highest BCUT2D eigenvalue weighted by Gasteiger charge is 2.12. The van der Waals surface area contributed by atoms with Crippen LogP contribution in [-0.4, -0.2) is 27.3 Å². The largest absolute Gasteiger partial charge is 0.387 e. The van der Waals surface area contributed by atoms with Crippen molar-refractivity contribution in [3.63, 3.8) is 0 Å². The van der Waals surface area contributed by atoms with Crippen molar-refractivity contribution in [2.75, 3.05) is 6.54 Å². The van der Waals surface area contributed by atoms with Gasteiger partial charge >= 0.3 is 0 Å². The van der Waals surface area contributed by atoms with E-state index in [4.69, 9.17) is 0 Å². The molecule has 5 heteroatoms. The minimum absolute atomic E-state index is 0.168. The fourth-order valence-electron chi connectivity index (χ4n) is 3.33. The molecule has 0 bridgehead atoms. The number of carbonyl (C=O) groups is 1. The third-order valence-corrected chi connectivity index (χ3v) is 5.07. The first-order chi connectivity index (χ1) is 13.8. The Morgan fingerprint density at radius 2 is 1.76 bits per heavy atom. The molecule has 0 aliphatic carbocycles. The lowest BCUT2D eigenvalue weighted by atomic mass is 10.00. The highest BCUT2D eigenvalue weighted by Crippen LogP contribution is 2.18. The summed E-state index contributed by atoms with van der Waals surface area (Å²) in [5.41, 5.74) is 5.67. The molecule has 3 aromatic rings. The van der Waals surface area contributed by atoms with Gasteiger partial charge in [0.2, 0.25) is 0 Å². The van der Waals surface area contributed by atoms with E-state index in [1.165, 1.54) is 5.56 Å². The summed E-state index contributed by atoms with van der Waals surface area (Å²) in [4.78, 5) is 12.6. The van der Waals surface area contributed by atoms with Gasteiger partial charge in [-0.15, -0.1) is 0 Å². The molecule has 29 heavy (non-hydrogen) atoms. The maximum absolute atomic E-state index is 12.6. The number of aryl methyl sites for hydroxylation is 2. The number of rotatable bonds is 7. The Balaban J connectivity index is 1.61. The van der Waals surface area contributed by atoms with Crippen LogP contribution in [0.4, 0.5) is 0 Å². The van der Waals surface area contributed by atoms with Gasteiger partial charge in [0.05, 0.1) is 18.3 Å². The van der Waals surface area contributed by atoms with E-state index >= 15 is 0 Å². The molecule has 0 aliphatic heterocycles. The van der Waals surface area contributed by atoms with Gasteiger partial charge in [-0.25, -0.2) is 0 Å². The van der Waals surface area contributed by atoms with Crippen molar-refractivity contribution in [2.45, 2.75) is 46.3 Å². The summed E-state index contributed by atoms with van der Waals surface area (Å²) in [5.74, 6) is 0.251. The molecule has 0 spiro atoms. The topological polar surface area (TPSA) is 67.2 Å². The molecule has 3 rings (SSSR count). The quantitative estimate of drug-likeness (QED) is 0.636. The van der Waals surface area contributed by atoms with Gasteiger partial charge < -0.3 is 10.4 Å². The summed E-state index contributed by atoms with van der Waals surface area (Å²) < 4.78 is 1.93. The number of nitrogens with zero attached hydrogens (tertiary/aromatic N) is 2. The van der Waals surface area contributed by atoms with Crippen molar-refractivity contribution < 1.29 is 9.90 Å². The van der Waals surface area contributed by atoms with E-state index in [-0.39, 0.29) is 12.5 Å². The molecule has 2 aromatic carbocycles. The predicted octanol–water partition coefficient (Wildman–Crippen LogP) is 4.14. The third kappa shape index (κ3) is 5.33. The lowest BCUT2D eigenvalue weighted by Gasteiger charge is -2.14. The highest BCUT2D eigenvalue weighted by molar-refractivity contribution is 5.94. The van der Waals surface area contributed by atoms with Crippen molar-refractivity contribution >= 4 is 5.91 Å². The van der Waals surface area contributed by atoms with Crippen molar-refractivity contribution in [3.8, 4) is 0 Å². The summed E-state index contributed by atoms with van der Waals surface area (Å²) in [6.45, 7) is 9.04. The van der Waals surface area contributed by atoms with Gasteiger partial charge in [-0.1, -0.05) is 50.2 Å². The molecule has 2 N–H and O–H groups in total. The number of benzene rings is 2. The molecule has 0 saturated heterocycles. The van der Waals surface area contributed by atoms with Crippen LogP contribution in [0.5, 0.6) is 0 Å². The molecule has 1 amide bonds. The predicted molar refractivity (Wildman–Crippen MR) is 115 cm³/mol. The molecule has 1 unspecified atom stereocenters. The lowest BCUT2D eigenvalue weighted by Crippen LogP contribution is -2.28. The summed E-state index contributed by atoms with van der Waals surface area (Å²) >= 11 is 0. The molecule has 1 heterocycles. The smallest absolute Gasteiger partial charge is 0.251 e. The molecule has 1 aromatic heterocycles. The van der Waals surface area contributed by atoms with Crippen LogP contribution in [0.2, 0.25) is 0 Å². The van der Waals surface area contributed by atoms with E-state index in [1.54, 1.807) is 6.07 Å². The van der Waals surface area contributed by atoms with Gasteiger partial charge in [-0.2, -0.15) is 5.10 Å². The molecule has 0 fully saturated rings. The van der Waals surface area contributed by atoms with Gasteiger partial charge in [0.25, 0.3) is 5.91 Å². The number of hydrogen-bond acceptors (Lipinski definition) is 3. The fraction of sp³-hybridized carbons (Fsp3) is 0.333. The lowest BCUT2D eigenvalue weighted by molar-refractivity contribution is 0.0916. The van der Waals surface area contributed by atoms with Crippen LogP contribution in [0.15, 0.2) is 54.6 Å². The number of carbonyl (C=O) groups excluding carboxylic acids is 1. The van der Waals surface area contributed by atoms with Gasteiger partial charge in [-0.3, -0.25) is 9.48 Å². The first-order valence-electron chi connectivity index (χ1n) is 9.99. The Kier molecular flexibility index (Phi) is 6.49. The average molecular weight is 392 g/mol. The van der Waals surface area contributed by atoms with Gasteiger partial charge in [0.1, 0.15) is 0 Å². The fourth-order valence-corrected chi connectivity index (χ4v) is 3.33. The number of amides is 1. The Bertz CT molecular complexity index is 974. The second-order valence-corrected chi connectivity index (χ2v) is 7.83. The normalized spacial score (nSPS) is 12.2. The van der Waals surface area contributed by atoms with Crippen LogP contribution >= 0.6 is 0 Å². The first kappa shape index (κ1) is 20.8. The average Bonchev–Trinajstić information content (AvgIpc) is 3.02. The van der Waals surface area contributed by atoms with E-state index in [9.17, 15) is 9.90 Å². The monoisotopic (exact) mass is 391 g/mol. The summed E-state index contributed by atoms with van der Waals surface area (Å²) in [5, 5.41) is 17.7. The maximum atomic E-state index is 12.6. The Hall–Kier alpha value is -2.92. The summed E-state index contributed by atoms with van der Waals surface area (Å²) in [7, 11) is 0. The van der Waals surface area contributed by atoms with E-state index in [2.05, 4.69) is 24.3 Å². The molecular weight excluding hydrogens is 362 g/mol. The van der Waals surface area contributed by atoms with Gasteiger partial charge in [0.15, 0.2) is 0 Å². The minimum atomic E-state index is -0.738. The Labute approximate surface area is 172 Å². The zero-order chi connectivity index (χ0) is 21.0. The third-order valence-electron chi connectivity index (χ3n) is 5.07. The summed E-state index contributed by atoms with van der Waals surface area (Å²) in [6, 6.07) is 17.4. The van der Waals surface area contributed by atoms with Crippen LogP contribution in [0.25, 0.3) is 0 Å². The number of hydrogen-bond donors (Lipinski definition) is 2. The molecule has 0 radical (unpaired) electrons. The number of aromatic nitrogens is 2. The molecule has 152 valence electrons. The first-order valence-corrected chi connectivity index (χ1v) is 9.99. The number of nitrogens with one attached hydrogen (secondary N) is 1. The Morgan fingerprint density at radius 3 is 2.38 bits per heavy atom. The van der Waals surface area contributed by atoms with Gasteiger partial charge in [0, 0.05) is 17.8 Å². The maximum Gasteiger partial charge on any atom is 0.251 e. The van der Waals surface area contributed by atoms with E-state index in [1.807, 2.05) is 67.1 Å². The van der Waals surface area contributed by atoms with Crippen LogP contribution in [0.1, 0.15) is 64.3 Å². The van der Waals surface area contributed by atoms with E-state index < -0.39 is 6.10 Å². The molecule has 0 aliphatic rings. The molecule has 0 saturated carbocycles. The zero-order valence-corrected chi connectivity index (χ0v) is 17.5. The van der Waals surface area contributed by atoms with E-state index in [0.717, 1.165) is 22.5 Å². The van der Waals surface area contributed by atoms with Crippen LogP contribution in [0.3, 0.4) is 0 Å².